The first-order chi connectivity index (χ1) is 17.2. The average molecular weight is 486 g/mol. The summed E-state index contributed by atoms with van der Waals surface area (Å²) in [6, 6.07) is 12.0. The van der Waals surface area contributed by atoms with Crippen molar-refractivity contribution in [3.8, 4) is 5.75 Å². The van der Waals surface area contributed by atoms with Crippen molar-refractivity contribution < 1.29 is 19.7 Å². The fourth-order valence-electron chi connectivity index (χ4n) is 8.51. The number of nitrogens with zero attached hydrogens (tertiary/aromatic N) is 1. The number of phenols is 1. The average Bonchev–Trinajstić information content (AvgIpc) is 3.39. The minimum atomic E-state index is -1.18. The monoisotopic (exact) mass is 485 g/mol. The molecule has 0 spiro atoms. The molecule has 188 valence electrons. The van der Waals surface area contributed by atoms with Gasteiger partial charge in [0.05, 0.1) is 25.0 Å². The number of aryl methyl sites for hydroxylation is 1. The SMILES string of the molecule is [C-]#[N+]C1(C(=O)OCC)Cc2ccc([C@]3(O)CC[C@H]4[C@@H]5CCc6cc(O)ccc6[C@H]5CC[C@@]43C)cc2C1. The summed E-state index contributed by atoms with van der Waals surface area (Å²) < 4.78 is 5.25. The molecule has 6 rings (SSSR count). The van der Waals surface area contributed by atoms with Crippen LogP contribution in [0.1, 0.15) is 79.7 Å². The molecule has 2 saturated carbocycles. The number of carbonyl (C=O) groups excluding carboxylic acids is 1. The molecule has 2 aromatic carbocycles. The van der Waals surface area contributed by atoms with E-state index in [-0.39, 0.29) is 12.0 Å². The highest BCUT2D eigenvalue weighted by Gasteiger charge is 2.62. The van der Waals surface area contributed by atoms with Crippen LogP contribution in [0, 0.1) is 23.8 Å². The Morgan fingerprint density at radius 1 is 1.08 bits per heavy atom. The smallest absolute Gasteiger partial charge is 0.394 e. The van der Waals surface area contributed by atoms with Crippen LogP contribution in [0.3, 0.4) is 0 Å². The van der Waals surface area contributed by atoms with E-state index in [4.69, 9.17) is 11.3 Å². The van der Waals surface area contributed by atoms with Crippen molar-refractivity contribution >= 4 is 5.97 Å². The highest BCUT2D eigenvalue weighted by molar-refractivity contribution is 5.85. The zero-order valence-electron chi connectivity index (χ0n) is 21.2. The van der Waals surface area contributed by atoms with E-state index in [2.05, 4.69) is 23.9 Å². The molecule has 0 radical (unpaired) electrons. The van der Waals surface area contributed by atoms with E-state index in [1.165, 1.54) is 11.1 Å². The summed E-state index contributed by atoms with van der Waals surface area (Å²) in [6.45, 7) is 12.1. The molecule has 1 unspecified atom stereocenters. The Labute approximate surface area is 213 Å². The number of ether oxygens (including phenoxy) is 1. The van der Waals surface area contributed by atoms with E-state index in [1.807, 2.05) is 24.3 Å². The van der Waals surface area contributed by atoms with Gasteiger partial charge in [0.2, 0.25) is 0 Å². The normalized spacial score (nSPS) is 36.2. The maximum absolute atomic E-state index is 12.7. The van der Waals surface area contributed by atoms with Gasteiger partial charge in [0.1, 0.15) is 5.75 Å². The fourth-order valence-corrected chi connectivity index (χ4v) is 8.51. The second kappa shape index (κ2) is 8.08. The predicted octanol–water partition coefficient (Wildman–Crippen LogP) is 5.46. The number of aromatic hydroxyl groups is 1. The van der Waals surface area contributed by atoms with Crippen molar-refractivity contribution in [2.24, 2.45) is 17.3 Å². The molecule has 0 heterocycles. The van der Waals surface area contributed by atoms with Crippen LogP contribution in [0.15, 0.2) is 36.4 Å². The minimum Gasteiger partial charge on any atom is -0.508 e. The van der Waals surface area contributed by atoms with E-state index in [0.29, 0.717) is 36.3 Å². The number of benzene rings is 2. The van der Waals surface area contributed by atoms with E-state index < -0.39 is 17.1 Å². The molecule has 0 aromatic heterocycles. The third-order valence-electron chi connectivity index (χ3n) is 10.4. The van der Waals surface area contributed by atoms with E-state index in [1.54, 1.807) is 6.92 Å². The number of fused-ring (bicyclic) bond motifs is 6. The van der Waals surface area contributed by atoms with Gasteiger partial charge in [0, 0.05) is 5.41 Å². The van der Waals surface area contributed by atoms with Gasteiger partial charge in [-0.05, 0) is 103 Å². The van der Waals surface area contributed by atoms with E-state index in [0.717, 1.165) is 55.2 Å². The second-order valence-corrected chi connectivity index (χ2v) is 11.9. The van der Waals surface area contributed by atoms with Crippen LogP contribution < -0.4 is 0 Å². The number of carbonyl (C=O) groups is 1. The molecule has 4 aliphatic carbocycles. The highest BCUT2D eigenvalue weighted by atomic mass is 16.5. The standard InChI is InChI=1S/C31H35NO4/c1-4-36-28(34)30(32-3)17-20-5-7-22(15-21(20)18-30)31(35)14-12-27-26-9-6-19-16-23(33)8-10-24(19)25(26)11-13-29(27,31)2/h5,7-8,10,15-16,25-27,33,35H,4,6,9,11-14,17-18H2,1-2H3/t25-,26-,27+,29+,30?,31-/m1/s1. The first-order valence-corrected chi connectivity index (χ1v) is 13.5. The molecule has 0 aliphatic heterocycles. The molecule has 0 amide bonds. The molecule has 2 N–H and O–H groups in total. The van der Waals surface area contributed by atoms with Gasteiger partial charge in [0.15, 0.2) is 0 Å². The van der Waals surface area contributed by atoms with Gasteiger partial charge >= 0.3 is 11.5 Å². The maximum atomic E-state index is 12.7. The van der Waals surface area contributed by atoms with E-state index in [9.17, 15) is 15.0 Å². The molecule has 4 aliphatic rings. The summed E-state index contributed by atoms with van der Waals surface area (Å²) in [7, 11) is 0. The number of hydrogen-bond donors (Lipinski definition) is 2. The van der Waals surface area contributed by atoms with Crippen LogP contribution >= 0.6 is 0 Å². The lowest BCUT2D eigenvalue weighted by atomic mass is 9.52. The molecular weight excluding hydrogens is 450 g/mol. The molecule has 0 bridgehead atoms. The molecule has 5 nitrogen and oxygen atoms in total. The zero-order valence-corrected chi connectivity index (χ0v) is 21.2. The lowest BCUT2D eigenvalue weighted by Crippen LogP contribution is -2.49. The molecular formula is C31H35NO4. The number of hydrogen-bond acceptors (Lipinski definition) is 4. The molecule has 5 heteroatoms. The van der Waals surface area contributed by atoms with Crippen molar-refractivity contribution in [3.63, 3.8) is 0 Å². The Morgan fingerprint density at radius 2 is 1.89 bits per heavy atom. The van der Waals surface area contributed by atoms with Gasteiger partial charge in [-0.3, -0.25) is 4.85 Å². The van der Waals surface area contributed by atoms with Gasteiger partial charge in [-0.25, -0.2) is 11.4 Å². The quantitative estimate of drug-likeness (QED) is 0.448. The molecule has 36 heavy (non-hydrogen) atoms. The number of phenolic OH excluding ortho intramolecular Hbond substituents is 1. The Hall–Kier alpha value is -2.84. The molecule has 6 atom stereocenters. The zero-order chi connectivity index (χ0) is 25.3. The Balaban J connectivity index is 1.31. The van der Waals surface area contributed by atoms with Crippen molar-refractivity contribution in [2.75, 3.05) is 6.61 Å². The van der Waals surface area contributed by atoms with Crippen molar-refractivity contribution in [2.45, 2.75) is 82.3 Å². The lowest BCUT2D eigenvalue weighted by molar-refractivity contribution is -0.147. The summed E-state index contributed by atoms with van der Waals surface area (Å²) in [5.41, 5.74) is 3.33. The molecule has 0 saturated heterocycles. The largest absolute Gasteiger partial charge is 0.508 e. The van der Waals surface area contributed by atoms with Crippen molar-refractivity contribution in [1.29, 1.82) is 0 Å². The molecule has 2 fully saturated rings. The van der Waals surface area contributed by atoms with Crippen LogP contribution in [0.4, 0.5) is 0 Å². The summed E-state index contributed by atoms with van der Waals surface area (Å²) in [5, 5.41) is 22.3. The summed E-state index contributed by atoms with van der Waals surface area (Å²) in [4.78, 5) is 16.4. The fraction of sp³-hybridized carbons (Fsp3) is 0.548. The Morgan fingerprint density at radius 3 is 2.67 bits per heavy atom. The highest BCUT2D eigenvalue weighted by Crippen LogP contribution is 2.67. The lowest BCUT2D eigenvalue weighted by Gasteiger charge is -2.53. The summed E-state index contributed by atoms with van der Waals surface area (Å²) in [5.74, 6) is 1.40. The van der Waals surface area contributed by atoms with Crippen LogP contribution in [0.25, 0.3) is 4.85 Å². The third kappa shape index (κ3) is 3.13. The minimum absolute atomic E-state index is 0.215. The van der Waals surface area contributed by atoms with Gasteiger partial charge in [-0.15, -0.1) is 0 Å². The first kappa shape index (κ1) is 23.6. The number of rotatable bonds is 3. The first-order valence-electron chi connectivity index (χ1n) is 13.5. The number of esters is 1. The van der Waals surface area contributed by atoms with Gasteiger partial charge < -0.3 is 14.9 Å². The van der Waals surface area contributed by atoms with Crippen LogP contribution in [0.5, 0.6) is 5.75 Å². The Bertz CT molecular complexity index is 1280. The van der Waals surface area contributed by atoms with Crippen molar-refractivity contribution in [3.05, 3.63) is 75.6 Å². The van der Waals surface area contributed by atoms with Gasteiger partial charge in [-0.1, -0.05) is 31.2 Å². The van der Waals surface area contributed by atoms with Gasteiger partial charge in [-0.2, -0.15) is 0 Å². The Kier molecular flexibility index (Phi) is 5.29. The second-order valence-electron chi connectivity index (χ2n) is 11.9. The topological polar surface area (TPSA) is 71.1 Å². The van der Waals surface area contributed by atoms with E-state index >= 15 is 0 Å². The number of aliphatic hydroxyl groups is 1. The third-order valence-corrected chi connectivity index (χ3v) is 10.4. The van der Waals surface area contributed by atoms with Crippen LogP contribution in [-0.2, 0) is 34.4 Å². The summed E-state index contributed by atoms with van der Waals surface area (Å²) >= 11 is 0. The van der Waals surface area contributed by atoms with Gasteiger partial charge in [0.25, 0.3) is 0 Å². The maximum Gasteiger partial charge on any atom is 0.394 e. The molecule has 2 aromatic rings. The van der Waals surface area contributed by atoms with Crippen molar-refractivity contribution in [1.82, 2.24) is 0 Å². The van der Waals surface area contributed by atoms with Crippen LogP contribution in [-0.4, -0.2) is 28.3 Å². The summed E-state index contributed by atoms with van der Waals surface area (Å²) in [6.07, 6.45) is 6.58. The predicted molar refractivity (Wildman–Crippen MR) is 136 cm³/mol. The van der Waals surface area contributed by atoms with Crippen LogP contribution in [0.2, 0.25) is 0 Å².